The standard InChI is InChI=1S/C14H23NO4S/c1-14(2,11-20(15,16)17)10-19-13-6-4-12(5-7-13)8-9-18-3/h4-7H,8-11H2,1-3H3,(H2,15,16,17). The van der Waals surface area contributed by atoms with Gasteiger partial charge in [-0.1, -0.05) is 26.0 Å². The molecule has 0 aliphatic rings. The van der Waals surface area contributed by atoms with Gasteiger partial charge >= 0.3 is 0 Å². The van der Waals surface area contributed by atoms with Gasteiger partial charge in [0, 0.05) is 12.5 Å². The quantitative estimate of drug-likeness (QED) is 0.790. The fourth-order valence-electron chi connectivity index (χ4n) is 1.84. The Morgan fingerprint density at radius 3 is 2.30 bits per heavy atom. The van der Waals surface area contributed by atoms with E-state index in [0.29, 0.717) is 19.0 Å². The van der Waals surface area contributed by atoms with Gasteiger partial charge in [-0.2, -0.15) is 0 Å². The lowest BCUT2D eigenvalue weighted by atomic mass is 9.98. The van der Waals surface area contributed by atoms with Crippen LogP contribution in [-0.4, -0.2) is 34.5 Å². The van der Waals surface area contributed by atoms with Crippen LogP contribution in [0.25, 0.3) is 0 Å². The number of sulfonamides is 1. The summed E-state index contributed by atoms with van der Waals surface area (Å²) < 4.78 is 32.9. The van der Waals surface area contributed by atoms with E-state index in [1.165, 1.54) is 5.56 Å². The normalized spacial score (nSPS) is 12.4. The summed E-state index contributed by atoms with van der Waals surface area (Å²) in [5, 5.41) is 5.06. The van der Waals surface area contributed by atoms with Crippen molar-refractivity contribution in [2.45, 2.75) is 20.3 Å². The Bertz CT molecular complexity index is 508. The van der Waals surface area contributed by atoms with Gasteiger partial charge in [0.25, 0.3) is 0 Å². The third kappa shape index (κ3) is 6.88. The summed E-state index contributed by atoms with van der Waals surface area (Å²) in [4.78, 5) is 0. The number of rotatable bonds is 8. The number of benzene rings is 1. The molecule has 114 valence electrons. The molecule has 0 spiro atoms. The van der Waals surface area contributed by atoms with E-state index in [1.54, 1.807) is 7.11 Å². The van der Waals surface area contributed by atoms with E-state index in [0.717, 1.165) is 6.42 Å². The zero-order chi connectivity index (χ0) is 15.2. The molecular formula is C14H23NO4S. The van der Waals surface area contributed by atoms with Gasteiger partial charge in [-0.3, -0.25) is 0 Å². The second-order valence-corrected chi connectivity index (χ2v) is 7.26. The van der Waals surface area contributed by atoms with Gasteiger partial charge in [0.05, 0.1) is 19.0 Å². The lowest BCUT2D eigenvalue weighted by Crippen LogP contribution is -2.33. The van der Waals surface area contributed by atoms with Crippen molar-refractivity contribution in [3.05, 3.63) is 29.8 Å². The SMILES string of the molecule is COCCc1ccc(OCC(C)(C)CS(N)(=O)=O)cc1. The number of primary sulfonamides is 1. The van der Waals surface area contributed by atoms with Crippen LogP contribution in [0, 0.1) is 5.41 Å². The van der Waals surface area contributed by atoms with Crippen LogP contribution in [-0.2, 0) is 21.2 Å². The molecule has 1 aromatic rings. The van der Waals surface area contributed by atoms with Gasteiger partial charge in [0.15, 0.2) is 0 Å². The maximum atomic E-state index is 11.1. The van der Waals surface area contributed by atoms with Crippen molar-refractivity contribution >= 4 is 10.0 Å². The fraction of sp³-hybridized carbons (Fsp3) is 0.571. The van der Waals surface area contributed by atoms with Crippen LogP contribution >= 0.6 is 0 Å². The monoisotopic (exact) mass is 301 g/mol. The van der Waals surface area contributed by atoms with E-state index >= 15 is 0 Å². The van der Waals surface area contributed by atoms with Crippen molar-refractivity contribution in [2.75, 3.05) is 26.1 Å². The Labute approximate surface area is 121 Å². The molecule has 2 N–H and O–H groups in total. The van der Waals surface area contributed by atoms with E-state index < -0.39 is 15.4 Å². The minimum absolute atomic E-state index is 0.105. The maximum absolute atomic E-state index is 11.1. The molecule has 0 aromatic heterocycles. The minimum Gasteiger partial charge on any atom is -0.493 e. The first-order chi connectivity index (χ1) is 9.22. The number of methoxy groups -OCH3 is 1. The zero-order valence-corrected chi connectivity index (χ0v) is 13.1. The van der Waals surface area contributed by atoms with Crippen molar-refractivity contribution in [1.29, 1.82) is 0 Å². The average Bonchev–Trinajstić information content (AvgIpc) is 2.32. The molecule has 5 nitrogen and oxygen atoms in total. The van der Waals surface area contributed by atoms with Crippen LogP contribution in [0.15, 0.2) is 24.3 Å². The van der Waals surface area contributed by atoms with Gasteiger partial charge in [-0.25, -0.2) is 13.6 Å². The Morgan fingerprint density at radius 2 is 1.80 bits per heavy atom. The van der Waals surface area contributed by atoms with E-state index in [1.807, 2.05) is 38.1 Å². The third-order valence-electron chi connectivity index (χ3n) is 2.74. The minimum atomic E-state index is -3.50. The Morgan fingerprint density at radius 1 is 1.20 bits per heavy atom. The summed E-state index contributed by atoms with van der Waals surface area (Å²) in [5.74, 6) is 0.611. The second-order valence-electron chi connectivity index (χ2n) is 5.65. The molecule has 0 amide bonds. The topological polar surface area (TPSA) is 78.6 Å². The van der Waals surface area contributed by atoms with Gasteiger partial charge in [0.2, 0.25) is 10.0 Å². The molecule has 0 unspecified atom stereocenters. The first-order valence-electron chi connectivity index (χ1n) is 6.43. The summed E-state index contributed by atoms with van der Waals surface area (Å²) in [7, 11) is -1.83. The molecule has 1 aromatic carbocycles. The van der Waals surface area contributed by atoms with Gasteiger partial charge in [0.1, 0.15) is 5.75 Å². The molecule has 20 heavy (non-hydrogen) atoms. The van der Waals surface area contributed by atoms with Crippen LogP contribution in [0.5, 0.6) is 5.75 Å². The molecule has 0 saturated carbocycles. The third-order valence-corrected chi connectivity index (χ3v) is 3.92. The molecule has 1 rings (SSSR count). The molecule has 0 heterocycles. The lowest BCUT2D eigenvalue weighted by molar-refractivity contribution is 0.199. The molecular weight excluding hydrogens is 278 g/mol. The summed E-state index contributed by atoms with van der Waals surface area (Å²) >= 11 is 0. The molecule has 6 heteroatoms. The highest BCUT2D eigenvalue weighted by molar-refractivity contribution is 7.89. The van der Waals surface area contributed by atoms with Crippen molar-refractivity contribution in [1.82, 2.24) is 0 Å². The van der Waals surface area contributed by atoms with E-state index in [4.69, 9.17) is 14.6 Å². The number of nitrogens with two attached hydrogens (primary N) is 1. The van der Waals surface area contributed by atoms with Crippen molar-refractivity contribution in [3.8, 4) is 5.75 Å². The van der Waals surface area contributed by atoms with Crippen LogP contribution < -0.4 is 9.88 Å². The van der Waals surface area contributed by atoms with Crippen LogP contribution in [0.2, 0.25) is 0 Å². The maximum Gasteiger partial charge on any atom is 0.209 e. The summed E-state index contributed by atoms with van der Waals surface area (Å²) in [6, 6.07) is 7.69. The molecule has 0 aliphatic heterocycles. The largest absolute Gasteiger partial charge is 0.493 e. The van der Waals surface area contributed by atoms with E-state index in [2.05, 4.69) is 0 Å². The summed E-state index contributed by atoms with van der Waals surface area (Å²) in [6.07, 6.45) is 0.855. The van der Waals surface area contributed by atoms with Crippen molar-refractivity contribution in [2.24, 2.45) is 10.6 Å². The first kappa shape index (κ1) is 16.9. The van der Waals surface area contributed by atoms with Crippen molar-refractivity contribution in [3.63, 3.8) is 0 Å². The van der Waals surface area contributed by atoms with Crippen LogP contribution in [0.3, 0.4) is 0 Å². The molecule has 0 bridgehead atoms. The smallest absolute Gasteiger partial charge is 0.209 e. The number of hydrogen-bond acceptors (Lipinski definition) is 4. The fourth-order valence-corrected chi connectivity index (χ4v) is 3.01. The predicted molar refractivity (Wildman–Crippen MR) is 79.3 cm³/mol. The van der Waals surface area contributed by atoms with Crippen LogP contribution in [0.4, 0.5) is 0 Å². The molecule has 0 aliphatic carbocycles. The van der Waals surface area contributed by atoms with E-state index in [-0.39, 0.29) is 5.75 Å². The predicted octanol–water partition coefficient (Wildman–Crippen LogP) is 1.57. The Hall–Kier alpha value is -1.11. The molecule has 0 saturated heterocycles. The number of ether oxygens (including phenoxy) is 2. The molecule has 0 fully saturated rings. The lowest BCUT2D eigenvalue weighted by Gasteiger charge is -2.23. The Balaban J connectivity index is 2.53. The van der Waals surface area contributed by atoms with Crippen molar-refractivity contribution < 1.29 is 17.9 Å². The van der Waals surface area contributed by atoms with E-state index in [9.17, 15) is 8.42 Å². The highest BCUT2D eigenvalue weighted by Crippen LogP contribution is 2.20. The summed E-state index contributed by atoms with van der Waals surface area (Å²) in [6.45, 7) is 4.59. The highest BCUT2D eigenvalue weighted by Gasteiger charge is 2.24. The second kappa shape index (κ2) is 7.06. The Kier molecular flexibility index (Phi) is 5.98. The molecule has 0 atom stereocenters. The summed E-state index contributed by atoms with van der Waals surface area (Å²) in [5.41, 5.74) is 0.644. The first-order valence-corrected chi connectivity index (χ1v) is 8.14. The van der Waals surface area contributed by atoms with Gasteiger partial charge in [-0.05, 0) is 24.1 Å². The van der Waals surface area contributed by atoms with Gasteiger partial charge < -0.3 is 9.47 Å². The highest BCUT2D eigenvalue weighted by atomic mass is 32.2. The zero-order valence-electron chi connectivity index (χ0n) is 12.3. The molecule has 0 radical (unpaired) electrons. The number of hydrogen-bond donors (Lipinski definition) is 1. The average molecular weight is 301 g/mol. The van der Waals surface area contributed by atoms with Gasteiger partial charge in [-0.15, -0.1) is 0 Å². The van der Waals surface area contributed by atoms with Crippen LogP contribution in [0.1, 0.15) is 19.4 Å².